The summed E-state index contributed by atoms with van der Waals surface area (Å²) < 4.78 is 0. The molecule has 1 rings (SSSR count). The molecule has 3 nitrogen and oxygen atoms in total. The minimum atomic E-state index is 0.997. The van der Waals surface area contributed by atoms with Crippen molar-refractivity contribution in [2.75, 3.05) is 33.7 Å². The van der Waals surface area contributed by atoms with E-state index in [0.29, 0.717) is 0 Å². The fourth-order valence-electron chi connectivity index (χ4n) is 1.64. The topological polar surface area (TPSA) is 18.5 Å². The Morgan fingerprint density at radius 3 is 2.54 bits per heavy atom. The Bertz CT molecular complexity index is 162. The summed E-state index contributed by atoms with van der Waals surface area (Å²) in [5, 5.41) is 1.98. The zero-order valence-corrected chi connectivity index (χ0v) is 8.84. The molecule has 0 radical (unpaired) electrons. The van der Waals surface area contributed by atoms with Crippen molar-refractivity contribution < 1.29 is 0 Å². The molecule has 0 saturated carbocycles. The molecule has 1 N–H and O–H groups in total. The standard InChI is InChI=1S/C10H21N3/c1-10(12(3)11-2)9-13-7-5-4-6-8-13/h11H,1,4-9H2,2-3H3. The lowest BCUT2D eigenvalue weighted by Gasteiger charge is -2.30. The highest BCUT2D eigenvalue weighted by atomic mass is 15.5. The van der Waals surface area contributed by atoms with Crippen molar-refractivity contribution in [3.63, 3.8) is 0 Å². The first-order chi connectivity index (χ1) is 6.24. The van der Waals surface area contributed by atoms with Gasteiger partial charge in [0.05, 0.1) is 0 Å². The highest BCUT2D eigenvalue weighted by molar-refractivity contribution is 4.94. The number of hydrogen-bond donors (Lipinski definition) is 1. The Morgan fingerprint density at radius 2 is 2.00 bits per heavy atom. The van der Waals surface area contributed by atoms with E-state index in [2.05, 4.69) is 16.9 Å². The van der Waals surface area contributed by atoms with Crippen molar-refractivity contribution in [2.45, 2.75) is 19.3 Å². The summed E-state index contributed by atoms with van der Waals surface area (Å²) in [4.78, 5) is 2.47. The van der Waals surface area contributed by atoms with Gasteiger partial charge in [-0.1, -0.05) is 13.0 Å². The Kier molecular flexibility index (Phi) is 4.25. The first-order valence-electron chi connectivity index (χ1n) is 5.05. The fourth-order valence-corrected chi connectivity index (χ4v) is 1.64. The van der Waals surface area contributed by atoms with Gasteiger partial charge in [-0.05, 0) is 25.9 Å². The van der Waals surface area contributed by atoms with Crippen molar-refractivity contribution in [1.29, 1.82) is 0 Å². The molecule has 0 aromatic rings. The van der Waals surface area contributed by atoms with E-state index in [0.717, 1.165) is 12.2 Å². The van der Waals surface area contributed by atoms with E-state index in [1.165, 1.54) is 32.4 Å². The second-order valence-corrected chi connectivity index (χ2v) is 3.69. The average Bonchev–Trinajstić information content (AvgIpc) is 2.18. The Morgan fingerprint density at radius 1 is 1.38 bits per heavy atom. The van der Waals surface area contributed by atoms with Crippen LogP contribution in [-0.4, -0.2) is 43.6 Å². The number of hydrazine groups is 1. The van der Waals surface area contributed by atoms with Crippen LogP contribution in [0.3, 0.4) is 0 Å². The predicted molar refractivity (Wildman–Crippen MR) is 56.3 cm³/mol. The van der Waals surface area contributed by atoms with Crippen LogP contribution in [0.4, 0.5) is 0 Å². The van der Waals surface area contributed by atoms with Gasteiger partial charge in [0.1, 0.15) is 0 Å². The molecule has 0 spiro atoms. The average molecular weight is 183 g/mol. The minimum Gasteiger partial charge on any atom is -0.315 e. The van der Waals surface area contributed by atoms with E-state index < -0.39 is 0 Å². The molecule has 13 heavy (non-hydrogen) atoms. The molecular weight excluding hydrogens is 162 g/mol. The van der Waals surface area contributed by atoms with E-state index in [-0.39, 0.29) is 0 Å². The van der Waals surface area contributed by atoms with Crippen molar-refractivity contribution in [1.82, 2.24) is 15.3 Å². The van der Waals surface area contributed by atoms with Gasteiger partial charge in [0.25, 0.3) is 0 Å². The third-order valence-corrected chi connectivity index (χ3v) is 2.66. The third kappa shape index (κ3) is 3.36. The zero-order chi connectivity index (χ0) is 9.68. The smallest absolute Gasteiger partial charge is 0.0391 e. The van der Waals surface area contributed by atoms with E-state index in [1.807, 2.05) is 19.1 Å². The summed E-state index contributed by atoms with van der Waals surface area (Å²) in [6, 6.07) is 0. The van der Waals surface area contributed by atoms with Gasteiger partial charge in [0.15, 0.2) is 0 Å². The second-order valence-electron chi connectivity index (χ2n) is 3.69. The van der Waals surface area contributed by atoms with E-state index in [4.69, 9.17) is 0 Å². The lowest BCUT2D eigenvalue weighted by Crippen LogP contribution is -2.38. The largest absolute Gasteiger partial charge is 0.315 e. The number of piperidine rings is 1. The number of rotatable bonds is 4. The molecule has 0 unspecified atom stereocenters. The molecule has 0 amide bonds. The highest BCUT2D eigenvalue weighted by Gasteiger charge is 2.11. The van der Waals surface area contributed by atoms with Crippen molar-refractivity contribution in [2.24, 2.45) is 0 Å². The van der Waals surface area contributed by atoms with E-state index >= 15 is 0 Å². The summed E-state index contributed by atoms with van der Waals surface area (Å²) in [5.41, 5.74) is 4.20. The van der Waals surface area contributed by atoms with Gasteiger partial charge in [-0.2, -0.15) is 0 Å². The zero-order valence-electron chi connectivity index (χ0n) is 8.84. The van der Waals surface area contributed by atoms with Crippen molar-refractivity contribution in [3.05, 3.63) is 12.3 Å². The number of nitrogens with zero attached hydrogens (tertiary/aromatic N) is 2. The molecule has 0 atom stereocenters. The number of nitrogens with one attached hydrogen (secondary N) is 1. The molecule has 1 heterocycles. The molecule has 0 aromatic carbocycles. The Hall–Kier alpha value is -0.540. The number of likely N-dealkylation sites (tertiary alicyclic amines) is 1. The molecule has 0 bridgehead atoms. The maximum Gasteiger partial charge on any atom is 0.0391 e. The van der Waals surface area contributed by atoms with Crippen LogP contribution < -0.4 is 5.43 Å². The quantitative estimate of drug-likeness (QED) is 0.657. The monoisotopic (exact) mass is 183 g/mol. The summed E-state index contributed by atoms with van der Waals surface area (Å²) >= 11 is 0. The van der Waals surface area contributed by atoms with E-state index in [1.54, 1.807) is 0 Å². The van der Waals surface area contributed by atoms with Gasteiger partial charge in [0.2, 0.25) is 0 Å². The van der Waals surface area contributed by atoms with Crippen LogP contribution in [0.1, 0.15) is 19.3 Å². The molecule has 76 valence electrons. The van der Waals surface area contributed by atoms with Crippen LogP contribution in [0, 0.1) is 0 Å². The first-order valence-corrected chi connectivity index (χ1v) is 5.05. The van der Waals surface area contributed by atoms with Crippen LogP contribution in [0.2, 0.25) is 0 Å². The molecule has 0 aliphatic carbocycles. The summed E-state index contributed by atoms with van der Waals surface area (Å²) in [6.45, 7) is 7.50. The van der Waals surface area contributed by atoms with Gasteiger partial charge < -0.3 is 5.01 Å². The number of hydrogen-bond acceptors (Lipinski definition) is 3. The van der Waals surface area contributed by atoms with Crippen molar-refractivity contribution in [3.8, 4) is 0 Å². The SMILES string of the molecule is C=C(CN1CCCCC1)N(C)NC. The van der Waals surface area contributed by atoms with E-state index in [9.17, 15) is 0 Å². The van der Waals surface area contributed by atoms with Gasteiger partial charge in [-0.15, -0.1) is 0 Å². The normalized spacial score (nSPS) is 18.6. The van der Waals surface area contributed by atoms with Crippen LogP contribution in [-0.2, 0) is 0 Å². The van der Waals surface area contributed by atoms with Crippen LogP contribution >= 0.6 is 0 Å². The lowest BCUT2D eigenvalue weighted by molar-refractivity contribution is 0.213. The molecule has 1 aliphatic rings. The predicted octanol–water partition coefficient (Wildman–Crippen LogP) is 1.05. The molecule has 0 aromatic heterocycles. The first kappa shape index (κ1) is 10.5. The summed E-state index contributed by atoms with van der Waals surface area (Å²) in [5.74, 6) is 0. The molecule has 1 aliphatic heterocycles. The molecule has 3 heteroatoms. The van der Waals surface area contributed by atoms with Crippen LogP contribution in [0.5, 0.6) is 0 Å². The molecule has 1 fully saturated rings. The van der Waals surface area contributed by atoms with Gasteiger partial charge in [-0.3, -0.25) is 4.90 Å². The maximum absolute atomic E-state index is 4.04. The lowest BCUT2D eigenvalue weighted by atomic mass is 10.1. The second kappa shape index (κ2) is 5.25. The van der Waals surface area contributed by atoms with Gasteiger partial charge in [0, 0.05) is 26.3 Å². The van der Waals surface area contributed by atoms with Crippen LogP contribution in [0.25, 0.3) is 0 Å². The maximum atomic E-state index is 4.04. The fraction of sp³-hybridized carbons (Fsp3) is 0.800. The van der Waals surface area contributed by atoms with Crippen molar-refractivity contribution >= 4 is 0 Å². The third-order valence-electron chi connectivity index (χ3n) is 2.66. The van der Waals surface area contributed by atoms with Crippen LogP contribution in [0.15, 0.2) is 12.3 Å². The Balaban J connectivity index is 2.26. The molecular formula is C10H21N3. The summed E-state index contributed by atoms with van der Waals surface area (Å²) in [7, 11) is 3.92. The minimum absolute atomic E-state index is 0.997. The molecule has 1 saturated heterocycles. The summed E-state index contributed by atoms with van der Waals surface area (Å²) in [6.07, 6.45) is 4.08. The van der Waals surface area contributed by atoms with Gasteiger partial charge in [-0.25, -0.2) is 5.43 Å². The number of likely N-dealkylation sites (N-methyl/N-ethyl adjacent to an activating group) is 1. The Labute approximate surface area is 81.4 Å². The van der Waals surface area contributed by atoms with Gasteiger partial charge >= 0.3 is 0 Å². The highest BCUT2D eigenvalue weighted by Crippen LogP contribution is 2.10.